The highest BCUT2D eigenvalue weighted by atomic mass is 32.2. The number of rotatable bonds is 5. The van der Waals surface area contributed by atoms with Gasteiger partial charge in [-0.25, -0.2) is 13.2 Å². The first-order valence-corrected chi connectivity index (χ1v) is 6.02. The Hall–Kier alpha value is -1.32. The summed E-state index contributed by atoms with van der Waals surface area (Å²) >= 11 is 0. The van der Waals surface area contributed by atoms with Crippen LogP contribution in [0.25, 0.3) is 0 Å². The average molecular weight is 277 g/mol. The third kappa shape index (κ3) is 7.55. The van der Waals surface area contributed by atoms with Crippen LogP contribution in [0.1, 0.15) is 6.92 Å². The standard InChI is InChI=1S/C7H10F3NO5S/c1-4(12)11-5(6(13)14)2-17(15,16)3-7(8,9)10/h5H,2-3H2,1H3,(H,11,12)(H,13,14). The molecule has 2 N–H and O–H groups in total. The molecule has 0 aromatic carbocycles. The molecule has 17 heavy (non-hydrogen) atoms. The number of carbonyl (C=O) groups excluding carboxylic acids is 1. The summed E-state index contributed by atoms with van der Waals surface area (Å²) in [5, 5.41) is 10.3. The fourth-order valence-electron chi connectivity index (χ4n) is 0.982. The highest BCUT2D eigenvalue weighted by Crippen LogP contribution is 2.18. The molecule has 0 rings (SSSR count). The Kier molecular flexibility index (Phi) is 4.93. The van der Waals surface area contributed by atoms with E-state index in [0.29, 0.717) is 0 Å². The maximum absolute atomic E-state index is 11.9. The van der Waals surface area contributed by atoms with Crippen LogP contribution in [0.5, 0.6) is 0 Å². The Balaban J connectivity index is 4.76. The van der Waals surface area contributed by atoms with E-state index >= 15 is 0 Å². The molecule has 0 aromatic rings. The minimum atomic E-state index is -4.95. The van der Waals surface area contributed by atoms with E-state index in [1.54, 1.807) is 5.32 Å². The predicted octanol–water partition coefficient (Wildman–Crippen LogP) is -0.447. The van der Waals surface area contributed by atoms with Gasteiger partial charge in [-0.3, -0.25) is 4.79 Å². The summed E-state index contributed by atoms with van der Waals surface area (Å²) in [6.07, 6.45) is -4.95. The van der Waals surface area contributed by atoms with Gasteiger partial charge in [0.2, 0.25) is 5.91 Å². The van der Waals surface area contributed by atoms with Crippen molar-refractivity contribution in [2.24, 2.45) is 0 Å². The summed E-state index contributed by atoms with van der Waals surface area (Å²) in [4.78, 5) is 21.1. The quantitative estimate of drug-likeness (QED) is 0.709. The molecule has 100 valence electrons. The van der Waals surface area contributed by atoms with E-state index in [0.717, 1.165) is 6.92 Å². The van der Waals surface area contributed by atoms with Gasteiger partial charge in [-0.05, 0) is 0 Å². The van der Waals surface area contributed by atoms with Crippen LogP contribution in [0, 0.1) is 0 Å². The number of carbonyl (C=O) groups is 2. The smallest absolute Gasteiger partial charge is 0.402 e. The highest BCUT2D eigenvalue weighted by Gasteiger charge is 2.37. The lowest BCUT2D eigenvalue weighted by Crippen LogP contribution is -2.45. The van der Waals surface area contributed by atoms with Gasteiger partial charge in [-0.1, -0.05) is 0 Å². The number of carboxylic acid groups (broad SMARTS) is 1. The van der Waals surface area contributed by atoms with Crippen LogP contribution in [0.3, 0.4) is 0 Å². The first kappa shape index (κ1) is 15.7. The summed E-state index contributed by atoms with van der Waals surface area (Å²) < 4.78 is 57.6. The Morgan fingerprint density at radius 3 is 2.12 bits per heavy atom. The van der Waals surface area contributed by atoms with Gasteiger partial charge >= 0.3 is 12.1 Å². The van der Waals surface area contributed by atoms with Gasteiger partial charge < -0.3 is 10.4 Å². The van der Waals surface area contributed by atoms with Crippen molar-refractivity contribution in [2.45, 2.75) is 19.1 Å². The normalized spacial score (nSPS) is 14.1. The number of carboxylic acids is 1. The van der Waals surface area contributed by atoms with E-state index in [2.05, 4.69) is 0 Å². The molecule has 0 bridgehead atoms. The van der Waals surface area contributed by atoms with Gasteiger partial charge in [0.25, 0.3) is 0 Å². The van der Waals surface area contributed by atoms with Crippen LogP contribution in [-0.2, 0) is 19.4 Å². The zero-order valence-electron chi connectivity index (χ0n) is 8.61. The summed E-state index contributed by atoms with van der Waals surface area (Å²) in [6, 6.07) is -1.89. The zero-order chi connectivity index (χ0) is 13.9. The van der Waals surface area contributed by atoms with Gasteiger partial charge in [0.15, 0.2) is 9.84 Å². The van der Waals surface area contributed by atoms with Crippen LogP contribution in [0.2, 0.25) is 0 Å². The van der Waals surface area contributed by atoms with Crippen LogP contribution < -0.4 is 5.32 Å². The van der Waals surface area contributed by atoms with Crippen molar-refractivity contribution in [3.05, 3.63) is 0 Å². The molecule has 0 saturated carbocycles. The number of aliphatic carboxylic acids is 1. The molecular weight excluding hydrogens is 267 g/mol. The van der Waals surface area contributed by atoms with Crippen molar-refractivity contribution in [1.29, 1.82) is 0 Å². The molecule has 0 fully saturated rings. The third-order valence-corrected chi connectivity index (χ3v) is 3.09. The molecule has 0 radical (unpaired) electrons. The largest absolute Gasteiger partial charge is 0.480 e. The van der Waals surface area contributed by atoms with E-state index in [1.165, 1.54) is 0 Å². The lowest BCUT2D eigenvalue weighted by molar-refractivity contribution is -0.140. The topological polar surface area (TPSA) is 101 Å². The molecule has 1 atom stereocenters. The molecule has 0 saturated heterocycles. The summed E-state index contributed by atoms with van der Waals surface area (Å²) in [7, 11) is -4.65. The molecule has 1 unspecified atom stereocenters. The van der Waals surface area contributed by atoms with Crippen molar-refractivity contribution in [1.82, 2.24) is 5.32 Å². The van der Waals surface area contributed by atoms with Crippen LogP contribution in [0.4, 0.5) is 13.2 Å². The van der Waals surface area contributed by atoms with E-state index in [4.69, 9.17) is 5.11 Å². The Bertz CT molecular complexity index is 402. The monoisotopic (exact) mass is 277 g/mol. The maximum Gasteiger partial charge on any atom is 0.402 e. The molecule has 6 nitrogen and oxygen atoms in total. The third-order valence-electron chi connectivity index (χ3n) is 1.48. The average Bonchev–Trinajstić information content (AvgIpc) is 1.95. The van der Waals surface area contributed by atoms with E-state index < -0.39 is 45.4 Å². The predicted molar refractivity (Wildman–Crippen MR) is 49.9 cm³/mol. The number of nitrogens with one attached hydrogen (secondary N) is 1. The Labute approximate surface area is 94.7 Å². The molecule has 0 spiro atoms. The number of sulfone groups is 1. The van der Waals surface area contributed by atoms with E-state index in [9.17, 15) is 31.2 Å². The number of hydrogen-bond acceptors (Lipinski definition) is 4. The van der Waals surface area contributed by atoms with Crippen molar-refractivity contribution < 1.29 is 36.3 Å². The summed E-state index contributed by atoms with van der Waals surface area (Å²) in [5.74, 6) is -5.99. The SMILES string of the molecule is CC(=O)NC(CS(=O)(=O)CC(F)(F)F)C(=O)O. The van der Waals surface area contributed by atoms with Gasteiger partial charge in [-0.15, -0.1) is 0 Å². The highest BCUT2D eigenvalue weighted by molar-refractivity contribution is 7.91. The lowest BCUT2D eigenvalue weighted by atomic mass is 10.3. The molecule has 0 aliphatic carbocycles. The van der Waals surface area contributed by atoms with Gasteiger partial charge in [-0.2, -0.15) is 13.2 Å². The second kappa shape index (κ2) is 5.34. The Morgan fingerprint density at radius 1 is 1.35 bits per heavy atom. The van der Waals surface area contributed by atoms with E-state index in [-0.39, 0.29) is 0 Å². The molecule has 10 heteroatoms. The molecule has 0 aliphatic heterocycles. The second-order valence-corrected chi connectivity index (χ2v) is 5.37. The number of hydrogen-bond donors (Lipinski definition) is 2. The molecule has 0 aliphatic rings. The van der Waals surface area contributed by atoms with Crippen molar-refractivity contribution in [3.63, 3.8) is 0 Å². The van der Waals surface area contributed by atoms with Gasteiger partial charge in [0.05, 0.1) is 5.75 Å². The minimum Gasteiger partial charge on any atom is -0.480 e. The number of alkyl halides is 3. The molecular formula is C7H10F3NO5S. The summed E-state index contributed by atoms with van der Waals surface area (Å²) in [5.41, 5.74) is 0. The van der Waals surface area contributed by atoms with Gasteiger partial charge in [0, 0.05) is 6.92 Å². The van der Waals surface area contributed by atoms with Crippen molar-refractivity contribution in [2.75, 3.05) is 11.5 Å². The number of amides is 1. The maximum atomic E-state index is 11.9. The minimum absolute atomic E-state index is 0.848. The Morgan fingerprint density at radius 2 is 1.82 bits per heavy atom. The molecule has 1 amide bonds. The molecule has 0 heterocycles. The fourth-order valence-corrected chi connectivity index (χ4v) is 2.33. The van der Waals surface area contributed by atoms with Crippen molar-refractivity contribution in [3.8, 4) is 0 Å². The first-order chi connectivity index (χ1) is 7.43. The van der Waals surface area contributed by atoms with Gasteiger partial charge in [0.1, 0.15) is 11.8 Å². The van der Waals surface area contributed by atoms with Crippen molar-refractivity contribution >= 4 is 21.7 Å². The molecule has 0 aromatic heterocycles. The van der Waals surface area contributed by atoms with Crippen LogP contribution in [0.15, 0.2) is 0 Å². The van der Waals surface area contributed by atoms with E-state index in [1.807, 2.05) is 0 Å². The zero-order valence-corrected chi connectivity index (χ0v) is 9.43. The second-order valence-electron chi connectivity index (χ2n) is 3.26. The van der Waals surface area contributed by atoms with Crippen LogP contribution >= 0.6 is 0 Å². The lowest BCUT2D eigenvalue weighted by Gasteiger charge is -2.14. The number of halogens is 3. The van der Waals surface area contributed by atoms with Crippen LogP contribution in [-0.4, -0.2) is 49.1 Å². The fraction of sp³-hybridized carbons (Fsp3) is 0.714. The summed E-state index contributed by atoms with van der Waals surface area (Å²) in [6.45, 7) is 0.923. The first-order valence-electron chi connectivity index (χ1n) is 4.20.